The summed E-state index contributed by atoms with van der Waals surface area (Å²) in [6, 6.07) is 10.4. The lowest BCUT2D eigenvalue weighted by Gasteiger charge is -2.39. The maximum atomic E-state index is 12.6. The van der Waals surface area contributed by atoms with Gasteiger partial charge in [0.25, 0.3) is 0 Å². The number of rotatable bonds is 5. The van der Waals surface area contributed by atoms with Crippen molar-refractivity contribution in [2.45, 2.75) is 52.0 Å². The van der Waals surface area contributed by atoms with Crippen molar-refractivity contribution in [3.8, 4) is 5.69 Å². The second-order valence-corrected chi connectivity index (χ2v) is 8.27. The summed E-state index contributed by atoms with van der Waals surface area (Å²) in [5.41, 5.74) is 3.33. The van der Waals surface area contributed by atoms with Crippen LogP contribution in [0.1, 0.15) is 43.4 Å². The maximum absolute atomic E-state index is 12.6. The van der Waals surface area contributed by atoms with Crippen LogP contribution in [-0.2, 0) is 9.53 Å². The molecule has 150 valence electrons. The van der Waals surface area contributed by atoms with Gasteiger partial charge in [-0.15, -0.1) is 0 Å². The molecule has 1 aromatic heterocycles. The molecule has 1 spiro atoms. The van der Waals surface area contributed by atoms with E-state index in [1.807, 2.05) is 37.3 Å². The number of aromatic nitrogens is 2. The van der Waals surface area contributed by atoms with Crippen LogP contribution in [0, 0.1) is 19.3 Å². The Morgan fingerprint density at radius 3 is 2.71 bits per heavy atom. The van der Waals surface area contributed by atoms with Gasteiger partial charge in [0.2, 0.25) is 5.91 Å². The van der Waals surface area contributed by atoms with Crippen molar-refractivity contribution in [2.24, 2.45) is 5.41 Å². The fraction of sp³-hybridized carbons (Fsp3) is 0.545. The molecule has 2 fully saturated rings. The first-order valence-electron chi connectivity index (χ1n) is 10.3. The second-order valence-electron chi connectivity index (χ2n) is 8.27. The molecule has 28 heavy (non-hydrogen) atoms. The third-order valence-corrected chi connectivity index (χ3v) is 6.28. The van der Waals surface area contributed by atoms with Crippen molar-refractivity contribution in [1.82, 2.24) is 15.1 Å². The number of benzene rings is 1. The molecule has 6 nitrogen and oxygen atoms in total. The largest absolute Gasteiger partial charge is 0.381 e. The summed E-state index contributed by atoms with van der Waals surface area (Å²) in [6.07, 6.45) is 5.83. The summed E-state index contributed by atoms with van der Waals surface area (Å²) in [7, 11) is 0. The van der Waals surface area contributed by atoms with Gasteiger partial charge in [-0.2, -0.15) is 5.10 Å². The average Bonchev–Trinajstić information content (AvgIpc) is 3.24. The van der Waals surface area contributed by atoms with Crippen molar-refractivity contribution in [3.63, 3.8) is 0 Å². The first-order valence-corrected chi connectivity index (χ1v) is 10.3. The monoisotopic (exact) mass is 382 g/mol. The standard InChI is InChI=1S/C22H30N4O2/c1-16-5-7-18(8-6-16)26-20(14-17(2)25-26)24-21(27)15-23-19-4-3-9-22(19)10-12-28-13-11-22/h5-8,14,19,23H,3-4,9-13,15H2,1-2H3,(H,24,27). The summed E-state index contributed by atoms with van der Waals surface area (Å²) in [5, 5.41) is 11.1. The lowest BCUT2D eigenvalue weighted by molar-refractivity contribution is -0.115. The molecule has 1 aliphatic heterocycles. The van der Waals surface area contributed by atoms with Crippen molar-refractivity contribution in [2.75, 3.05) is 25.1 Å². The first-order chi connectivity index (χ1) is 13.6. The molecule has 1 unspecified atom stereocenters. The zero-order chi connectivity index (χ0) is 19.6. The molecule has 1 aromatic carbocycles. The van der Waals surface area contributed by atoms with Gasteiger partial charge in [0, 0.05) is 25.3 Å². The summed E-state index contributed by atoms with van der Waals surface area (Å²) in [5.74, 6) is 0.683. The van der Waals surface area contributed by atoms with E-state index in [0.717, 1.165) is 43.9 Å². The van der Waals surface area contributed by atoms with Crippen LogP contribution in [0.4, 0.5) is 5.82 Å². The highest BCUT2D eigenvalue weighted by atomic mass is 16.5. The Morgan fingerprint density at radius 1 is 1.21 bits per heavy atom. The molecule has 2 aromatic rings. The van der Waals surface area contributed by atoms with Crippen LogP contribution >= 0.6 is 0 Å². The fourth-order valence-corrected chi connectivity index (χ4v) is 4.71. The first kappa shape index (κ1) is 19.2. The summed E-state index contributed by atoms with van der Waals surface area (Å²) < 4.78 is 7.35. The number of hydrogen-bond acceptors (Lipinski definition) is 4. The number of anilines is 1. The van der Waals surface area contributed by atoms with Gasteiger partial charge >= 0.3 is 0 Å². The number of nitrogens with one attached hydrogen (secondary N) is 2. The molecule has 0 radical (unpaired) electrons. The highest BCUT2D eigenvalue weighted by Crippen LogP contribution is 2.45. The molecule has 6 heteroatoms. The van der Waals surface area contributed by atoms with E-state index in [0.29, 0.717) is 23.8 Å². The van der Waals surface area contributed by atoms with E-state index in [9.17, 15) is 4.79 Å². The highest BCUT2D eigenvalue weighted by molar-refractivity contribution is 5.91. The van der Waals surface area contributed by atoms with Gasteiger partial charge < -0.3 is 15.4 Å². The Balaban J connectivity index is 1.40. The fourth-order valence-electron chi connectivity index (χ4n) is 4.71. The molecular weight excluding hydrogens is 352 g/mol. The van der Waals surface area contributed by atoms with Crippen LogP contribution in [0.25, 0.3) is 5.69 Å². The van der Waals surface area contributed by atoms with E-state index in [1.165, 1.54) is 18.4 Å². The number of hydrogen-bond donors (Lipinski definition) is 2. The Kier molecular flexibility index (Phi) is 5.51. The number of carbonyl (C=O) groups excluding carboxylic acids is 1. The van der Waals surface area contributed by atoms with Crippen molar-refractivity contribution in [1.29, 1.82) is 0 Å². The van der Waals surface area contributed by atoms with Crippen molar-refractivity contribution in [3.05, 3.63) is 41.6 Å². The van der Waals surface area contributed by atoms with Crippen LogP contribution in [-0.4, -0.2) is 41.5 Å². The van der Waals surface area contributed by atoms with Gasteiger partial charge in [0.1, 0.15) is 5.82 Å². The Morgan fingerprint density at radius 2 is 1.96 bits per heavy atom. The number of aryl methyl sites for hydroxylation is 2. The van der Waals surface area contributed by atoms with Crippen molar-refractivity contribution >= 4 is 11.7 Å². The van der Waals surface area contributed by atoms with Crippen LogP contribution in [0.3, 0.4) is 0 Å². The minimum atomic E-state index is -0.0256. The SMILES string of the molecule is Cc1ccc(-n2nc(C)cc2NC(=O)CNC2CCCC23CCOCC3)cc1. The zero-order valence-electron chi connectivity index (χ0n) is 16.8. The lowest BCUT2D eigenvalue weighted by atomic mass is 9.75. The normalized spacial score (nSPS) is 21.1. The van der Waals surface area contributed by atoms with Crippen molar-refractivity contribution < 1.29 is 9.53 Å². The molecule has 1 atom stereocenters. The number of ether oxygens (including phenoxy) is 1. The van der Waals surface area contributed by atoms with E-state index in [4.69, 9.17) is 4.74 Å². The molecule has 2 heterocycles. The van der Waals surface area contributed by atoms with E-state index in [1.54, 1.807) is 4.68 Å². The molecule has 1 saturated carbocycles. The van der Waals surface area contributed by atoms with Gasteiger partial charge in [-0.1, -0.05) is 24.1 Å². The van der Waals surface area contributed by atoms with E-state index >= 15 is 0 Å². The van der Waals surface area contributed by atoms with Crippen LogP contribution in [0.15, 0.2) is 30.3 Å². The average molecular weight is 383 g/mol. The van der Waals surface area contributed by atoms with Gasteiger partial charge in [-0.25, -0.2) is 4.68 Å². The number of carbonyl (C=O) groups is 1. The van der Waals surface area contributed by atoms with Gasteiger partial charge in [-0.05, 0) is 57.1 Å². The Hall–Kier alpha value is -2.18. The molecule has 4 rings (SSSR count). The van der Waals surface area contributed by atoms with E-state index < -0.39 is 0 Å². The second kappa shape index (κ2) is 8.05. The smallest absolute Gasteiger partial charge is 0.239 e. The van der Waals surface area contributed by atoms with Crippen LogP contribution in [0.5, 0.6) is 0 Å². The predicted octanol–water partition coefficient (Wildman–Crippen LogP) is 3.37. The van der Waals surface area contributed by atoms with Crippen LogP contribution < -0.4 is 10.6 Å². The minimum absolute atomic E-state index is 0.0256. The highest BCUT2D eigenvalue weighted by Gasteiger charge is 2.43. The topological polar surface area (TPSA) is 68.2 Å². The zero-order valence-corrected chi connectivity index (χ0v) is 16.8. The van der Waals surface area contributed by atoms with Gasteiger partial charge in [0.15, 0.2) is 0 Å². The molecule has 1 saturated heterocycles. The molecule has 1 aliphatic carbocycles. The van der Waals surface area contributed by atoms with Gasteiger partial charge in [0.05, 0.1) is 17.9 Å². The van der Waals surface area contributed by atoms with Gasteiger partial charge in [-0.3, -0.25) is 4.79 Å². The molecule has 0 bridgehead atoms. The summed E-state index contributed by atoms with van der Waals surface area (Å²) >= 11 is 0. The number of nitrogens with zero attached hydrogens (tertiary/aromatic N) is 2. The maximum Gasteiger partial charge on any atom is 0.239 e. The molecule has 2 aliphatic rings. The third-order valence-electron chi connectivity index (χ3n) is 6.28. The lowest BCUT2D eigenvalue weighted by Crippen LogP contribution is -2.47. The Labute approximate surface area is 166 Å². The summed E-state index contributed by atoms with van der Waals surface area (Å²) in [6.45, 7) is 6.01. The third kappa shape index (κ3) is 3.98. The molecule has 2 N–H and O–H groups in total. The Bertz CT molecular complexity index is 822. The van der Waals surface area contributed by atoms with Crippen LogP contribution in [0.2, 0.25) is 0 Å². The summed E-state index contributed by atoms with van der Waals surface area (Å²) in [4.78, 5) is 12.6. The number of amides is 1. The van der Waals surface area contributed by atoms with E-state index in [-0.39, 0.29) is 5.91 Å². The van der Waals surface area contributed by atoms with E-state index in [2.05, 4.69) is 22.7 Å². The predicted molar refractivity (Wildman–Crippen MR) is 110 cm³/mol. The molecule has 1 amide bonds. The quantitative estimate of drug-likeness (QED) is 0.832. The molecular formula is C22H30N4O2. The minimum Gasteiger partial charge on any atom is -0.381 e.